The van der Waals surface area contributed by atoms with Gasteiger partial charge in [-0.3, -0.25) is 4.79 Å². The van der Waals surface area contributed by atoms with Gasteiger partial charge in [0.1, 0.15) is 0 Å². The first-order chi connectivity index (χ1) is 8.18. The molecule has 3 nitrogen and oxygen atoms in total. The van der Waals surface area contributed by atoms with Crippen LogP contribution in [0.15, 0.2) is 41.8 Å². The average molecular weight is 247 g/mol. The highest BCUT2D eigenvalue weighted by Gasteiger charge is 2.15. The lowest BCUT2D eigenvalue weighted by molar-refractivity contribution is -0.137. The van der Waals surface area contributed by atoms with Crippen LogP contribution in [0.1, 0.15) is 18.0 Å². The molecule has 1 atom stereocenters. The molecule has 2 aromatic rings. The number of hydrogen-bond donors (Lipinski definition) is 2. The Labute approximate surface area is 104 Å². The van der Waals surface area contributed by atoms with Gasteiger partial charge in [-0.05, 0) is 22.6 Å². The van der Waals surface area contributed by atoms with Gasteiger partial charge in [-0.25, -0.2) is 0 Å². The Kier molecular flexibility index (Phi) is 3.56. The number of hydrogen-bond acceptors (Lipinski definition) is 3. The van der Waals surface area contributed by atoms with E-state index in [4.69, 9.17) is 10.8 Å². The van der Waals surface area contributed by atoms with Crippen molar-refractivity contribution < 1.29 is 9.90 Å². The topological polar surface area (TPSA) is 63.3 Å². The normalized spacial score (nSPS) is 12.3. The lowest BCUT2D eigenvalue weighted by Crippen LogP contribution is -2.15. The molecule has 0 amide bonds. The van der Waals surface area contributed by atoms with Crippen molar-refractivity contribution in [3.8, 4) is 10.4 Å². The van der Waals surface area contributed by atoms with Crippen LogP contribution in [0.3, 0.4) is 0 Å². The molecule has 0 bridgehead atoms. The maximum absolute atomic E-state index is 10.7. The molecule has 17 heavy (non-hydrogen) atoms. The lowest BCUT2D eigenvalue weighted by atomic mass is 9.98. The molecule has 1 heterocycles. The molecule has 1 aromatic carbocycles. The molecule has 1 aromatic heterocycles. The first kappa shape index (κ1) is 11.8. The van der Waals surface area contributed by atoms with Crippen LogP contribution in [-0.2, 0) is 4.79 Å². The Morgan fingerprint density at radius 3 is 2.71 bits per heavy atom. The van der Waals surface area contributed by atoms with Crippen molar-refractivity contribution >= 4 is 17.3 Å². The van der Waals surface area contributed by atoms with E-state index in [1.165, 1.54) is 0 Å². The first-order valence-electron chi connectivity index (χ1n) is 5.28. The molecular weight excluding hydrogens is 234 g/mol. The highest BCUT2D eigenvalue weighted by molar-refractivity contribution is 7.13. The summed E-state index contributed by atoms with van der Waals surface area (Å²) in [5.74, 6) is -0.876. The number of carboxylic acids is 1. The third-order valence-electron chi connectivity index (χ3n) is 2.54. The van der Waals surface area contributed by atoms with Gasteiger partial charge in [-0.2, -0.15) is 0 Å². The monoisotopic (exact) mass is 247 g/mol. The van der Waals surface area contributed by atoms with E-state index in [-0.39, 0.29) is 6.42 Å². The summed E-state index contributed by atoms with van der Waals surface area (Å²) >= 11 is 1.62. The maximum atomic E-state index is 10.7. The Hall–Kier alpha value is -1.65. The quantitative estimate of drug-likeness (QED) is 0.873. The molecule has 1 unspecified atom stereocenters. The standard InChI is InChI=1S/C13H13NO2S/c14-11(8-13(15)16)9-4-1-2-5-10(9)12-6-3-7-17-12/h1-7,11H,8,14H2,(H,15,16). The van der Waals surface area contributed by atoms with Crippen LogP contribution in [0.2, 0.25) is 0 Å². The Morgan fingerprint density at radius 1 is 1.29 bits per heavy atom. The molecule has 0 saturated carbocycles. The fraction of sp³-hybridized carbons (Fsp3) is 0.154. The van der Waals surface area contributed by atoms with Crippen molar-refractivity contribution in [3.05, 3.63) is 47.3 Å². The summed E-state index contributed by atoms with van der Waals surface area (Å²) in [6.45, 7) is 0. The molecule has 4 heteroatoms. The zero-order chi connectivity index (χ0) is 12.3. The maximum Gasteiger partial charge on any atom is 0.305 e. The Bertz CT molecular complexity index is 508. The van der Waals surface area contributed by atoms with Crippen LogP contribution in [-0.4, -0.2) is 11.1 Å². The third kappa shape index (κ3) is 2.72. The summed E-state index contributed by atoms with van der Waals surface area (Å²) in [5.41, 5.74) is 7.84. The van der Waals surface area contributed by atoms with Crippen LogP contribution in [0.25, 0.3) is 10.4 Å². The van der Waals surface area contributed by atoms with Gasteiger partial charge in [0, 0.05) is 10.9 Å². The van der Waals surface area contributed by atoms with E-state index in [0.717, 1.165) is 16.0 Å². The van der Waals surface area contributed by atoms with Crippen molar-refractivity contribution in [3.63, 3.8) is 0 Å². The van der Waals surface area contributed by atoms with Gasteiger partial charge in [0.05, 0.1) is 6.42 Å². The number of nitrogens with two attached hydrogens (primary N) is 1. The Balaban J connectivity index is 2.37. The van der Waals surface area contributed by atoms with Crippen molar-refractivity contribution in [2.75, 3.05) is 0 Å². The molecule has 2 rings (SSSR count). The van der Waals surface area contributed by atoms with E-state index in [1.54, 1.807) is 11.3 Å². The van der Waals surface area contributed by atoms with E-state index in [0.29, 0.717) is 0 Å². The largest absolute Gasteiger partial charge is 0.481 e. The van der Waals surface area contributed by atoms with E-state index in [2.05, 4.69) is 0 Å². The predicted octanol–water partition coefficient (Wildman–Crippen LogP) is 2.89. The predicted molar refractivity (Wildman–Crippen MR) is 68.9 cm³/mol. The highest BCUT2D eigenvalue weighted by Crippen LogP contribution is 2.31. The Morgan fingerprint density at radius 2 is 2.06 bits per heavy atom. The van der Waals surface area contributed by atoms with Crippen molar-refractivity contribution in [2.24, 2.45) is 5.73 Å². The molecule has 0 aliphatic rings. The molecule has 0 fully saturated rings. The van der Waals surface area contributed by atoms with Crippen LogP contribution >= 0.6 is 11.3 Å². The molecule has 3 N–H and O–H groups in total. The van der Waals surface area contributed by atoms with Crippen molar-refractivity contribution in [1.82, 2.24) is 0 Å². The van der Waals surface area contributed by atoms with E-state index >= 15 is 0 Å². The van der Waals surface area contributed by atoms with E-state index < -0.39 is 12.0 Å². The smallest absolute Gasteiger partial charge is 0.305 e. The van der Waals surface area contributed by atoms with Crippen LogP contribution in [0.4, 0.5) is 0 Å². The highest BCUT2D eigenvalue weighted by atomic mass is 32.1. The average Bonchev–Trinajstić information content (AvgIpc) is 2.81. The number of rotatable bonds is 4. The van der Waals surface area contributed by atoms with Gasteiger partial charge in [0.2, 0.25) is 0 Å². The first-order valence-corrected chi connectivity index (χ1v) is 6.16. The number of benzene rings is 1. The minimum absolute atomic E-state index is 0.0532. The minimum Gasteiger partial charge on any atom is -0.481 e. The third-order valence-corrected chi connectivity index (χ3v) is 3.44. The second-order valence-electron chi connectivity index (χ2n) is 3.77. The summed E-state index contributed by atoms with van der Waals surface area (Å²) in [7, 11) is 0. The van der Waals surface area contributed by atoms with Gasteiger partial charge in [-0.1, -0.05) is 30.3 Å². The molecule has 0 aliphatic carbocycles. The fourth-order valence-corrected chi connectivity index (χ4v) is 2.55. The number of carboxylic acid groups (broad SMARTS) is 1. The summed E-state index contributed by atoms with van der Waals surface area (Å²) < 4.78 is 0. The molecule has 88 valence electrons. The summed E-state index contributed by atoms with van der Waals surface area (Å²) in [6.07, 6.45) is -0.0532. The van der Waals surface area contributed by atoms with Crippen molar-refractivity contribution in [1.29, 1.82) is 0 Å². The van der Waals surface area contributed by atoms with Crippen LogP contribution < -0.4 is 5.73 Å². The summed E-state index contributed by atoms with van der Waals surface area (Å²) in [4.78, 5) is 11.8. The molecule has 0 saturated heterocycles. The minimum atomic E-state index is -0.876. The van der Waals surface area contributed by atoms with Gasteiger partial charge >= 0.3 is 5.97 Å². The molecular formula is C13H13NO2S. The SMILES string of the molecule is NC(CC(=O)O)c1ccccc1-c1cccs1. The fourth-order valence-electron chi connectivity index (χ4n) is 1.77. The van der Waals surface area contributed by atoms with Crippen LogP contribution in [0.5, 0.6) is 0 Å². The van der Waals surface area contributed by atoms with E-state index in [9.17, 15) is 4.79 Å². The summed E-state index contributed by atoms with van der Waals surface area (Å²) in [5, 5.41) is 10.8. The van der Waals surface area contributed by atoms with Crippen LogP contribution in [0, 0.1) is 0 Å². The number of aliphatic carboxylic acids is 1. The van der Waals surface area contributed by atoms with Gasteiger partial charge in [0.15, 0.2) is 0 Å². The van der Waals surface area contributed by atoms with Crippen molar-refractivity contribution in [2.45, 2.75) is 12.5 Å². The zero-order valence-corrected chi connectivity index (χ0v) is 9.98. The van der Waals surface area contributed by atoms with E-state index in [1.807, 2.05) is 41.8 Å². The number of thiophene rings is 1. The second-order valence-corrected chi connectivity index (χ2v) is 4.72. The molecule has 0 aliphatic heterocycles. The summed E-state index contributed by atoms with van der Waals surface area (Å²) in [6, 6.07) is 11.2. The lowest BCUT2D eigenvalue weighted by Gasteiger charge is -2.13. The van der Waals surface area contributed by atoms with Gasteiger partial charge < -0.3 is 10.8 Å². The second kappa shape index (κ2) is 5.12. The zero-order valence-electron chi connectivity index (χ0n) is 9.17. The van der Waals surface area contributed by atoms with Gasteiger partial charge in [-0.15, -0.1) is 11.3 Å². The van der Waals surface area contributed by atoms with Gasteiger partial charge in [0.25, 0.3) is 0 Å². The number of carbonyl (C=O) groups is 1. The molecule has 0 radical (unpaired) electrons. The molecule has 0 spiro atoms.